The van der Waals surface area contributed by atoms with E-state index in [4.69, 9.17) is 14.2 Å². The molecule has 6 nitrogen and oxygen atoms in total. The number of carbonyl (C=O) groups excluding carboxylic acids is 1. The lowest BCUT2D eigenvalue weighted by atomic mass is 10.2. The zero-order valence-corrected chi connectivity index (χ0v) is 12.4. The molecule has 0 bridgehead atoms. The largest absolute Gasteiger partial charge is 0.486 e. The van der Waals surface area contributed by atoms with Crippen LogP contribution in [0, 0.1) is 0 Å². The van der Waals surface area contributed by atoms with Gasteiger partial charge in [0.2, 0.25) is 0 Å². The Hall–Kier alpha value is -3.02. The molecule has 0 saturated heterocycles. The van der Waals surface area contributed by atoms with E-state index in [1.165, 1.54) is 0 Å². The summed E-state index contributed by atoms with van der Waals surface area (Å²) in [6.07, 6.45) is 1.54. The standard InChI is InChI=1S/C17H16N2O4/c20-17(12-23-14-4-2-1-3-5-14)19-18-11-13-6-7-15-16(10-13)22-9-8-21-15/h1-7,10-11H,8-9,12H2,(H,19,20)/b18-11+. The summed E-state index contributed by atoms with van der Waals surface area (Å²) in [6.45, 7) is 0.988. The van der Waals surface area contributed by atoms with E-state index in [1.54, 1.807) is 18.3 Å². The van der Waals surface area contributed by atoms with Gasteiger partial charge in [0.1, 0.15) is 19.0 Å². The van der Waals surface area contributed by atoms with Crippen LogP contribution in [0.4, 0.5) is 0 Å². The number of fused-ring (bicyclic) bond motifs is 1. The van der Waals surface area contributed by atoms with E-state index in [1.807, 2.05) is 36.4 Å². The number of para-hydroxylation sites is 1. The molecule has 0 saturated carbocycles. The van der Waals surface area contributed by atoms with Crippen LogP contribution in [0.5, 0.6) is 17.2 Å². The van der Waals surface area contributed by atoms with Gasteiger partial charge in [-0.05, 0) is 35.9 Å². The maximum absolute atomic E-state index is 11.6. The maximum Gasteiger partial charge on any atom is 0.277 e. The Morgan fingerprint density at radius 2 is 1.91 bits per heavy atom. The van der Waals surface area contributed by atoms with Gasteiger partial charge >= 0.3 is 0 Å². The highest BCUT2D eigenvalue weighted by molar-refractivity contribution is 5.83. The molecule has 6 heteroatoms. The quantitative estimate of drug-likeness (QED) is 0.677. The van der Waals surface area contributed by atoms with Crippen molar-refractivity contribution in [1.82, 2.24) is 5.43 Å². The average molecular weight is 312 g/mol. The number of rotatable bonds is 5. The van der Waals surface area contributed by atoms with E-state index in [0.717, 1.165) is 5.56 Å². The number of hydrogen-bond acceptors (Lipinski definition) is 5. The molecular weight excluding hydrogens is 296 g/mol. The first-order chi connectivity index (χ1) is 11.3. The van der Waals surface area contributed by atoms with Gasteiger partial charge in [0.15, 0.2) is 18.1 Å². The number of benzene rings is 2. The Morgan fingerprint density at radius 3 is 2.74 bits per heavy atom. The van der Waals surface area contributed by atoms with Crippen molar-refractivity contribution in [3.8, 4) is 17.2 Å². The zero-order chi connectivity index (χ0) is 15.9. The maximum atomic E-state index is 11.6. The summed E-state index contributed by atoms with van der Waals surface area (Å²) in [4.78, 5) is 11.6. The predicted octanol–water partition coefficient (Wildman–Crippen LogP) is 1.99. The van der Waals surface area contributed by atoms with Gasteiger partial charge in [-0.15, -0.1) is 0 Å². The van der Waals surface area contributed by atoms with Crippen molar-refractivity contribution in [2.24, 2.45) is 5.10 Å². The van der Waals surface area contributed by atoms with Gasteiger partial charge in [-0.25, -0.2) is 5.43 Å². The first-order valence-electron chi connectivity index (χ1n) is 7.21. The van der Waals surface area contributed by atoms with E-state index in [-0.39, 0.29) is 12.5 Å². The van der Waals surface area contributed by atoms with E-state index in [9.17, 15) is 4.79 Å². The SMILES string of the molecule is O=C(COc1ccccc1)N/N=C/c1ccc2c(c1)OCCO2. The van der Waals surface area contributed by atoms with Gasteiger partial charge in [-0.2, -0.15) is 5.10 Å². The van der Waals surface area contributed by atoms with Crippen LogP contribution in [0.15, 0.2) is 53.6 Å². The lowest BCUT2D eigenvalue weighted by molar-refractivity contribution is -0.123. The minimum Gasteiger partial charge on any atom is -0.486 e. The fourth-order valence-electron chi connectivity index (χ4n) is 2.02. The highest BCUT2D eigenvalue weighted by Crippen LogP contribution is 2.30. The van der Waals surface area contributed by atoms with Crippen LogP contribution in [0.25, 0.3) is 0 Å². The summed E-state index contributed by atoms with van der Waals surface area (Å²) in [6, 6.07) is 14.6. The number of carbonyl (C=O) groups is 1. The van der Waals surface area contributed by atoms with Gasteiger partial charge < -0.3 is 14.2 Å². The molecule has 0 spiro atoms. The highest BCUT2D eigenvalue weighted by Gasteiger charge is 2.10. The van der Waals surface area contributed by atoms with E-state index >= 15 is 0 Å². The molecule has 0 atom stereocenters. The van der Waals surface area contributed by atoms with Crippen molar-refractivity contribution in [1.29, 1.82) is 0 Å². The van der Waals surface area contributed by atoms with Gasteiger partial charge in [-0.1, -0.05) is 18.2 Å². The van der Waals surface area contributed by atoms with E-state index in [2.05, 4.69) is 10.5 Å². The number of hydrogen-bond donors (Lipinski definition) is 1. The Kier molecular flexibility index (Phi) is 4.73. The molecule has 23 heavy (non-hydrogen) atoms. The summed E-state index contributed by atoms with van der Waals surface area (Å²) in [5.41, 5.74) is 3.22. The molecule has 1 heterocycles. The average Bonchev–Trinajstić information content (AvgIpc) is 2.61. The Bertz CT molecular complexity index is 701. The van der Waals surface area contributed by atoms with Crippen molar-refractivity contribution < 1.29 is 19.0 Å². The van der Waals surface area contributed by atoms with Gasteiger partial charge in [-0.3, -0.25) is 4.79 Å². The van der Waals surface area contributed by atoms with Gasteiger partial charge in [0.25, 0.3) is 5.91 Å². The van der Waals surface area contributed by atoms with Crippen LogP contribution in [0.3, 0.4) is 0 Å². The Labute approximate surface area is 133 Å². The lowest BCUT2D eigenvalue weighted by Gasteiger charge is -2.18. The minimum absolute atomic E-state index is 0.0947. The number of amides is 1. The molecule has 1 aliphatic rings. The van der Waals surface area contributed by atoms with Gasteiger partial charge in [0.05, 0.1) is 6.21 Å². The van der Waals surface area contributed by atoms with Crippen LogP contribution in [-0.4, -0.2) is 31.9 Å². The van der Waals surface area contributed by atoms with Crippen molar-refractivity contribution in [3.63, 3.8) is 0 Å². The minimum atomic E-state index is -0.331. The van der Waals surface area contributed by atoms with Crippen LogP contribution in [0.1, 0.15) is 5.56 Å². The smallest absolute Gasteiger partial charge is 0.277 e. The second-order valence-corrected chi connectivity index (χ2v) is 4.80. The molecule has 1 amide bonds. The molecule has 1 N–H and O–H groups in total. The normalized spacial score (nSPS) is 12.9. The molecule has 3 rings (SSSR count). The summed E-state index contributed by atoms with van der Waals surface area (Å²) < 4.78 is 16.2. The zero-order valence-electron chi connectivity index (χ0n) is 12.4. The summed E-state index contributed by atoms with van der Waals surface area (Å²) in [5.74, 6) is 1.70. The number of hydrazone groups is 1. The first-order valence-corrected chi connectivity index (χ1v) is 7.21. The molecule has 118 valence electrons. The van der Waals surface area contributed by atoms with Crippen LogP contribution >= 0.6 is 0 Å². The molecular formula is C17H16N2O4. The molecule has 0 aliphatic carbocycles. The molecule has 0 unspecified atom stereocenters. The molecule has 0 radical (unpaired) electrons. The Morgan fingerprint density at radius 1 is 1.13 bits per heavy atom. The second-order valence-electron chi connectivity index (χ2n) is 4.80. The first kappa shape index (κ1) is 14.9. The van der Waals surface area contributed by atoms with Gasteiger partial charge in [0, 0.05) is 0 Å². The van der Waals surface area contributed by atoms with Crippen molar-refractivity contribution in [3.05, 3.63) is 54.1 Å². The summed E-state index contributed by atoms with van der Waals surface area (Å²) >= 11 is 0. The number of ether oxygens (including phenoxy) is 3. The third-order valence-electron chi connectivity index (χ3n) is 3.08. The van der Waals surface area contributed by atoms with E-state index in [0.29, 0.717) is 30.5 Å². The monoisotopic (exact) mass is 312 g/mol. The molecule has 1 aliphatic heterocycles. The molecule has 2 aromatic rings. The lowest BCUT2D eigenvalue weighted by Crippen LogP contribution is -2.24. The summed E-state index contributed by atoms with van der Waals surface area (Å²) in [5, 5.41) is 3.90. The Balaban J connectivity index is 1.49. The third kappa shape index (κ3) is 4.23. The molecule has 2 aromatic carbocycles. The number of nitrogens with zero attached hydrogens (tertiary/aromatic N) is 1. The van der Waals surface area contributed by atoms with Crippen molar-refractivity contribution in [2.45, 2.75) is 0 Å². The van der Waals surface area contributed by atoms with Crippen LogP contribution < -0.4 is 19.6 Å². The topological polar surface area (TPSA) is 69.2 Å². The van der Waals surface area contributed by atoms with Crippen molar-refractivity contribution in [2.75, 3.05) is 19.8 Å². The molecule has 0 aromatic heterocycles. The second kappa shape index (κ2) is 7.31. The van der Waals surface area contributed by atoms with E-state index < -0.39 is 0 Å². The predicted molar refractivity (Wildman–Crippen MR) is 85.1 cm³/mol. The third-order valence-corrected chi connectivity index (χ3v) is 3.08. The fourth-order valence-corrected chi connectivity index (χ4v) is 2.02. The summed E-state index contributed by atoms with van der Waals surface area (Å²) in [7, 11) is 0. The molecule has 0 fully saturated rings. The van der Waals surface area contributed by atoms with Crippen LogP contribution in [-0.2, 0) is 4.79 Å². The van der Waals surface area contributed by atoms with Crippen LogP contribution in [0.2, 0.25) is 0 Å². The van der Waals surface area contributed by atoms with Crippen molar-refractivity contribution >= 4 is 12.1 Å². The highest BCUT2D eigenvalue weighted by atomic mass is 16.6. The fraction of sp³-hybridized carbons (Fsp3) is 0.176. The number of nitrogens with one attached hydrogen (secondary N) is 1.